The van der Waals surface area contributed by atoms with Crippen LogP contribution in [-0.2, 0) is 11.3 Å². The fourth-order valence-corrected chi connectivity index (χ4v) is 3.52. The summed E-state index contributed by atoms with van der Waals surface area (Å²) in [6.45, 7) is 0.434. The lowest BCUT2D eigenvalue weighted by Crippen LogP contribution is -2.22. The van der Waals surface area contributed by atoms with Crippen LogP contribution in [0.1, 0.15) is 60.9 Å². The molecule has 1 heterocycles. The summed E-state index contributed by atoms with van der Waals surface area (Å²) in [5.41, 5.74) is 2.32. The Morgan fingerprint density at radius 3 is 2.52 bits per heavy atom. The van der Waals surface area contributed by atoms with Crippen molar-refractivity contribution in [3.05, 3.63) is 59.9 Å². The quantitative estimate of drug-likeness (QED) is 0.768. The van der Waals surface area contributed by atoms with E-state index in [-0.39, 0.29) is 11.8 Å². The van der Waals surface area contributed by atoms with Crippen LogP contribution in [0.2, 0.25) is 0 Å². The van der Waals surface area contributed by atoms with Gasteiger partial charge in [-0.15, -0.1) is 0 Å². The van der Waals surface area contributed by atoms with E-state index in [1.54, 1.807) is 24.5 Å². The summed E-state index contributed by atoms with van der Waals surface area (Å²) in [5.74, 6) is 0.650. The summed E-state index contributed by atoms with van der Waals surface area (Å²) >= 11 is 0. The lowest BCUT2D eigenvalue weighted by atomic mass is 9.86. The number of aromatic nitrogens is 1. The minimum absolute atomic E-state index is 0.0817. The highest BCUT2D eigenvalue weighted by molar-refractivity contribution is 5.93. The van der Waals surface area contributed by atoms with Crippen molar-refractivity contribution in [1.29, 1.82) is 0 Å². The van der Waals surface area contributed by atoms with Gasteiger partial charge in [0.05, 0.1) is 5.56 Å². The second-order valence-electron chi connectivity index (χ2n) is 7.21. The molecule has 0 bridgehead atoms. The number of anilines is 1. The zero-order valence-electron chi connectivity index (χ0n) is 15.6. The second-order valence-corrected chi connectivity index (χ2v) is 7.21. The van der Waals surface area contributed by atoms with E-state index in [1.807, 2.05) is 24.3 Å². The van der Waals surface area contributed by atoms with Crippen molar-refractivity contribution < 1.29 is 9.59 Å². The number of benzene rings is 1. The molecule has 1 saturated carbocycles. The Balaban J connectivity index is 1.41. The number of hydrogen-bond donors (Lipinski definition) is 2. The molecule has 1 aliphatic carbocycles. The van der Waals surface area contributed by atoms with Crippen molar-refractivity contribution in [2.75, 3.05) is 5.32 Å². The summed E-state index contributed by atoms with van der Waals surface area (Å²) < 4.78 is 0. The van der Waals surface area contributed by atoms with Gasteiger partial charge in [0.15, 0.2) is 0 Å². The lowest BCUT2D eigenvalue weighted by molar-refractivity contribution is -0.116. The van der Waals surface area contributed by atoms with Crippen LogP contribution in [0.5, 0.6) is 0 Å². The SMILES string of the molecule is O=C(CCC1CCCCC1)Nc1ccc(CNC(=O)c2cccnc2)cc1. The maximum Gasteiger partial charge on any atom is 0.253 e. The van der Waals surface area contributed by atoms with Gasteiger partial charge >= 0.3 is 0 Å². The van der Waals surface area contributed by atoms with Crippen molar-refractivity contribution in [3.8, 4) is 0 Å². The van der Waals surface area contributed by atoms with Gasteiger partial charge in [-0.3, -0.25) is 14.6 Å². The first-order valence-corrected chi connectivity index (χ1v) is 9.78. The fraction of sp³-hybridized carbons (Fsp3) is 0.409. The van der Waals surface area contributed by atoms with Gasteiger partial charge in [-0.05, 0) is 42.2 Å². The van der Waals surface area contributed by atoms with Crippen molar-refractivity contribution >= 4 is 17.5 Å². The first kappa shape index (κ1) is 19.1. The normalized spacial score (nSPS) is 14.5. The average Bonchev–Trinajstić information content (AvgIpc) is 2.73. The predicted molar refractivity (Wildman–Crippen MR) is 106 cm³/mol. The summed E-state index contributed by atoms with van der Waals surface area (Å²) in [7, 11) is 0. The standard InChI is InChI=1S/C22H27N3O2/c26-21(13-10-17-5-2-1-3-6-17)25-20-11-8-18(9-12-20)15-24-22(27)19-7-4-14-23-16-19/h4,7-9,11-12,14,16-17H,1-3,5-6,10,13,15H2,(H,24,27)(H,25,26). The highest BCUT2D eigenvalue weighted by Crippen LogP contribution is 2.27. The van der Waals surface area contributed by atoms with Crippen LogP contribution in [0.25, 0.3) is 0 Å². The lowest BCUT2D eigenvalue weighted by Gasteiger charge is -2.21. The Morgan fingerprint density at radius 2 is 1.81 bits per heavy atom. The molecule has 0 saturated heterocycles. The number of carbonyl (C=O) groups is 2. The topological polar surface area (TPSA) is 71.1 Å². The molecule has 0 atom stereocenters. The van der Waals surface area contributed by atoms with E-state index < -0.39 is 0 Å². The van der Waals surface area contributed by atoms with Crippen LogP contribution < -0.4 is 10.6 Å². The highest BCUT2D eigenvalue weighted by Gasteiger charge is 2.14. The van der Waals surface area contributed by atoms with Gasteiger partial charge < -0.3 is 10.6 Å². The van der Waals surface area contributed by atoms with Crippen LogP contribution >= 0.6 is 0 Å². The third-order valence-electron chi connectivity index (χ3n) is 5.12. The van der Waals surface area contributed by atoms with E-state index in [1.165, 1.54) is 32.1 Å². The summed E-state index contributed by atoms with van der Waals surface area (Å²) in [5, 5.41) is 5.83. The van der Waals surface area contributed by atoms with Gasteiger partial charge in [-0.1, -0.05) is 44.2 Å². The molecule has 27 heavy (non-hydrogen) atoms. The number of carbonyl (C=O) groups excluding carboxylic acids is 2. The summed E-state index contributed by atoms with van der Waals surface area (Å²) in [6, 6.07) is 11.1. The summed E-state index contributed by atoms with van der Waals surface area (Å²) in [6.07, 6.45) is 11.3. The summed E-state index contributed by atoms with van der Waals surface area (Å²) in [4.78, 5) is 28.1. The number of rotatable bonds is 7. The maximum absolute atomic E-state index is 12.1. The molecule has 1 aliphatic rings. The van der Waals surface area contributed by atoms with Crippen LogP contribution in [-0.4, -0.2) is 16.8 Å². The molecular formula is C22H27N3O2. The molecule has 0 spiro atoms. The third-order valence-corrected chi connectivity index (χ3v) is 5.12. The molecule has 5 nitrogen and oxygen atoms in total. The average molecular weight is 365 g/mol. The van der Waals surface area contributed by atoms with E-state index in [2.05, 4.69) is 15.6 Å². The van der Waals surface area contributed by atoms with Gasteiger partial charge in [0.1, 0.15) is 0 Å². The maximum atomic E-state index is 12.1. The molecule has 5 heteroatoms. The smallest absolute Gasteiger partial charge is 0.253 e. The largest absolute Gasteiger partial charge is 0.348 e. The molecule has 1 aromatic carbocycles. The minimum Gasteiger partial charge on any atom is -0.348 e. The van der Waals surface area contributed by atoms with Crippen LogP contribution in [0, 0.1) is 5.92 Å². The van der Waals surface area contributed by atoms with Crippen molar-refractivity contribution in [3.63, 3.8) is 0 Å². The number of nitrogens with one attached hydrogen (secondary N) is 2. The van der Waals surface area contributed by atoms with Gasteiger partial charge in [-0.2, -0.15) is 0 Å². The Kier molecular flexibility index (Phi) is 6.97. The zero-order chi connectivity index (χ0) is 18.9. The first-order chi connectivity index (χ1) is 13.2. The third kappa shape index (κ3) is 6.20. The molecule has 1 aromatic heterocycles. The number of pyridine rings is 1. The van der Waals surface area contributed by atoms with E-state index in [9.17, 15) is 9.59 Å². The van der Waals surface area contributed by atoms with E-state index in [0.717, 1.165) is 23.6 Å². The molecule has 2 N–H and O–H groups in total. The number of amides is 2. The van der Waals surface area contributed by atoms with Gasteiger partial charge in [0.25, 0.3) is 5.91 Å². The molecule has 2 aromatic rings. The molecule has 2 amide bonds. The minimum atomic E-state index is -0.150. The van der Waals surface area contributed by atoms with Gasteiger partial charge in [0, 0.05) is 31.0 Å². The molecule has 142 valence electrons. The van der Waals surface area contributed by atoms with Crippen LogP contribution in [0.3, 0.4) is 0 Å². The van der Waals surface area contributed by atoms with Crippen molar-refractivity contribution in [2.45, 2.75) is 51.5 Å². The van der Waals surface area contributed by atoms with Crippen molar-refractivity contribution in [2.24, 2.45) is 5.92 Å². The first-order valence-electron chi connectivity index (χ1n) is 9.78. The monoisotopic (exact) mass is 365 g/mol. The number of hydrogen-bond acceptors (Lipinski definition) is 3. The molecular weight excluding hydrogens is 338 g/mol. The Bertz CT molecular complexity index is 738. The van der Waals surface area contributed by atoms with Crippen LogP contribution in [0.15, 0.2) is 48.8 Å². The van der Waals surface area contributed by atoms with E-state index in [0.29, 0.717) is 18.5 Å². The molecule has 0 unspecified atom stereocenters. The molecule has 0 aliphatic heterocycles. The van der Waals surface area contributed by atoms with Crippen molar-refractivity contribution in [1.82, 2.24) is 10.3 Å². The fourth-order valence-electron chi connectivity index (χ4n) is 3.52. The Morgan fingerprint density at radius 1 is 1.04 bits per heavy atom. The molecule has 3 rings (SSSR count). The zero-order valence-corrected chi connectivity index (χ0v) is 15.6. The molecule has 0 radical (unpaired) electrons. The van der Waals surface area contributed by atoms with Gasteiger partial charge in [-0.25, -0.2) is 0 Å². The van der Waals surface area contributed by atoms with Gasteiger partial charge in [0.2, 0.25) is 5.91 Å². The Labute approximate surface area is 160 Å². The highest BCUT2D eigenvalue weighted by atomic mass is 16.2. The Hall–Kier alpha value is -2.69. The van der Waals surface area contributed by atoms with Crippen LogP contribution in [0.4, 0.5) is 5.69 Å². The van der Waals surface area contributed by atoms with E-state index >= 15 is 0 Å². The van der Waals surface area contributed by atoms with E-state index in [4.69, 9.17) is 0 Å². The number of nitrogens with zero attached hydrogens (tertiary/aromatic N) is 1. The predicted octanol–water partition coefficient (Wildman–Crippen LogP) is 4.31. The second kappa shape index (κ2) is 9.86. The molecule has 1 fully saturated rings.